The fraction of sp³-hybridized carbons (Fsp3) is 0.333. The number of nitrogens with zero attached hydrogens (tertiary/aromatic N) is 5. The molecule has 0 fully saturated rings. The minimum Gasteiger partial charge on any atom is -0.497 e. The summed E-state index contributed by atoms with van der Waals surface area (Å²) in [6.07, 6.45) is 0. The Balaban J connectivity index is 0.000000262. The lowest BCUT2D eigenvalue weighted by Crippen LogP contribution is -2.41. The number of methoxy groups -OCH3 is 1. The van der Waals surface area contributed by atoms with E-state index in [0.717, 1.165) is 20.4 Å². The molecule has 0 bridgehead atoms. The Morgan fingerprint density at radius 2 is 1.52 bits per heavy atom. The van der Waals surface area contributed by atoms with Gasteiger partial charge in [-0.1, -0.05) is 12.1 Å². The second kappa shape index (κ2) is 11.0. The third-order valence-electron chi connectivity index (χ3n) is 4.12. The van der Waals surface area contributed by atoms with Crippen LogP contribution in [0.3, 0.4) is 0 Å². The van der Waals surface area contributed by atoms with Crippen LogP contribution < -0.4 is 27.2 Å². The van der Waals surface area contributed by atoms with Crippen LogP contribution >= 0.6 is 31.9 Å². The molecular weight excluding hydrogens is 540 g/mol. The normalized spacial score (nSPS) is 10.4. The molecule has 13 heteroatoms. The first-order chi connectivity index (χ1) is 14.7. The lowest BCUT2D eigenvalue weighted by molar-refractivity contribution is 0.414. The van der Waals surface area contributed by atoms with Crippen LogP contribution in [0.15, 0.2) is 52.7 Å². The third kappa shape index (κ3) is 5.88. The molecule has 31 heavy (non-hydrogen) atoms. The summed E-state index contributed by atoms with van der Waals surface area (Å²) >= 11 is 5.99. The van der Waals surface area contributed by atoms with Crippen LogP contribution in [0.25, 0.3) is 0 Å². The van der Waals surface area contributed by atoms with Gasteiger partial charge in [-0.3, -0.25) is 18.7 Å². The summed E-state index contributed by atoms with van der Waals surface area (Å²) in [5.41, 5.74) is -0.828. The Kier molecular flexibility index (Phi) is 8.68. The van der Waals surface area contributed by atoms with Crippen LogP contribution in [0.2, 0.25) is 0 Å². The van der Waals surface area contributed by atoms with E-state index in [1.54, 1.807) is 21.0 Å². The van der Waals surface area contributed by atoms with Crippen LogP contribution in [0, 0.1) is 0 Å². The summed E-state index contributed by atoms with van der Waals surface area (Å²) in [5, 5.41) is 9.58. The number of hydrogen-bond acceptors (Lipinski definition) is 7. The average molecular weight is 560 g/mol. The molecule has 0 aliphatic carbocycles. The maximum absolute atomic E-state index is 12.1. The highest BCUT2D eigenvalue weighted by atomic mass is 79.9. The van der Waals surface area contributed by atoms with E-state index in [0.29, 0.717) is 19.6 Å². The third-order valence-corrected chi connectivity index (χ3v) is 5.14. The Bertz CT molecular complexity index is 1280. The fourth-order valence-corrected chi connectivity index (χ4v) is 3.22. The van der Waals surface area contributed by atoms with Crippen molar-refractivity contribution in [3.8, 4) is 5.75 Å². The highest BCUT2D eigenvalue weighted by molar-refractivity contribution is 9.10. The first-order valence-corrected chi connectivity index (χ1v) is 10.7. The lowest BCUT2D eigenvalue weighted by atomic mass is 10.2. The molecule has 2 aromatic heterocycles. The van der Waals surface area contributed by atoms with Crippen LogP contribution in [0.5, 0.6) is 5.75 Å². The summed E-state index contributed by atoms with van der Waals surface area (Å²) in [5.74, 6) is 0.744. The highest BCUT2D eigenvalue weighted by Crippen LogP contribution is 2.11. The van der Waals surface area contributed by atoms with E-state index in [4.69, 9.17) is 4.74 Å². The molecule has 2 heterocycles. The second-order valence-electron chi connectivity index (χ2n) is 6.00. The molecule has 1 aromatic carbocycles. The SMILES string of the molecule is CCn1c(=O)[nH]nc(Br)c1=O.CCn1c(=O)c(Br)nn(Cc2ccc(OC)cc2)c1=O. The number of H-pyrrole nitrogens is 1. The minimum absolute atomic E-state index is 0.124. The average Bonchev–Trinajstić information content (AvgIpc) is 2.76. The Morgan fingerprint density at radius 1 is 0.935 bits per heavy atom. The molecular formula is C18H20Br2N6O5. The number of rotatable bonds is 5. The molecule has 0 amide bonds. The maximum atomic E-state index is 12.1. The predicted molar refractivity (Wildman–Crippen MR) is 121 cm³/mol. The number of aromatic amines is 1. The van der Waals surface area contributed by atoms with E-state index in [1.165, 1.54) is 4.68 Å². The van der Waals surface area contributed by atoms with Crippen LogP contribution in [0.1, 0.15) is 19.4 Å². The van der Waals surface area contributed by atoms with Gasteiger partial charge in [-0.05, 0) is 63.4 Å². The van der Waals surface area contributed by atoms with Gasteiger partial charge in [-0.15, -0.1) is 0 Å². The van der Waals surface area contributed by atoms with E-state index < -0.39 is 22.5 Å². The zero-order valence-corrected chi connectivity index (χ0v) is 20.1. The van der Waals surface area contributed by atoms with E-state index in [-0.39, 0.29) is 9.21 Å². The summed E-state index contributed by atoms with van der Waals surface area (Å²) in [6.45, 7) is 4.40. The maximum Gasteiger partial charge on any atom is 0.347 e. The van der Waals surface area contributed by atoms with Crippen molar-refractivity contribution >= 4 is 31.9 Å². The van der Waals surface area contributed by atoms with E-state index in [1.807, 2.05) is 24.3 Å². The summed E-state index contributed by atoms with van der Waals surface area (Å²) in [7, 11) is 1.59. The van der Waals surface area contributed by atoms with Gasteiger partial charge < -0.3 is 4.74 Å². The molecule has 11 nitrogen and oxygen atoms in total. The first-order valence-electron chi connectivity index (χ1n) is 9.08. The van der Waals surface area contributed by atoms with Gasteiger partial charge in [0.15, 0.2) is 9.21 Å². The molecule has 0 saturated heterocycles. The minimum atomic E-state index is -0.485. The van der Waals surface area contributed by atoms with Gasteiger partial charge in [0.2, 0.25) is 0 Å². The summed E-state index contributed by atoms with van der Waals surface area (Å²) < 4.78 is 8.79. The molecule has 0 spiro atoms. The Morgan fingerprint density at radius 3 is 2.03 bits per heavy atom. The number of hydrogen-bond donors (Lipinski definition) is 1. The number of ether oxygens (including phenoxy) is 1. The molecule has 3 rings (SSSR count). The van der Waals surface area contributed by atoms with Crippen LogP contribution in [-0.2, 0) is 19.6 Å². The van der Waals surface area contributed by atoms with Crippen molar-refractivity contribution < 1.29 is 4.74 Å². The van der Waals surface area contributed by atoms with Crippen molar-refractivity contribution in [3.63, 3.8) is 0 Å². The highest BCUT2D eigenvalue weighted by Gasteiger charge is 2.10. The molecule has 0 unspecified atom stereocenters. The number of benzene rings is 1. The fourth-order valence-electron chi connectivity index (χ4n) is 2.51. The molecule has 3 aromatic rings. The summed E-state index contributed by atoms with van der Waals surface area (Å²) in [6, 6.07) is 7.32. The molecule has 0 radical (unpaired) electrons. The van der Waals surface area contributed by atoms with Gasteiger partial charge in [0.25, 0.3) is 11.1 Å². The molecule has 166 valence electrons. The monoisotopic (exact) mass is 558 g/mol. The quantitative estimate of drug-likeness (QED) is 0.492. The molecule has 1 N–H and O–H groups in total. The van der Waals surface area contributed by atoms with Crippen molar-refractivity contribution in [1.29, 1.82) is 0 Å². The topological polar surface area (TPSA) is 134 Å². The van der Waals surface area contributed by atoms with Crippen molar-refractivity contribution in [2.45, 2.75) is 33.5 Å². The van der Waals surface area contributed by atoms with Crippen LogP contribution in [0.4, 0.5) is 0 Å². The van der Waals surface area contributed by atoms with Crippen molar-refractivity contribution in [3.05, 3.63) is 80.7 Å². The number of aromatic nitrogens is 6. The second-order valence-corrected chi connectivity index (χ2v) is 7.50. The molecule has 0 saturated carbocycles. The molecule has 0 aliphatic rings. The predicted octanol–water partition coefficient (Wildman–Crippen LogP) is 0.958. The van der Waals surface area contributed by atoms with Gasteiger partial charge in [-0.25, -0.2) is 19.4 Å². The number of nitrogens with one attached hydrogen (secondary N) is 1. The summed E-state index contributed by atoms with van der Waals surface area (Å²) in [4.78, 5) is 45.8. The zero-order valence-electron chi connectivity index (χ0n) is 17.0. The lowest BCUT2D eigenvalue weighted by Gasteiger charge is -2.09. The Labute approximate surface area is 192 Å². The number of halogens is 2. The first kappa shape index (κ1) is 24.5. The molecule has 0 atom stereocenters. The smallest absolute Gasteiger partial charge is 0.347 e. The van der Waals surface area contributed by atoms with Gasteiger partial charge in [-0.2, -0.15) is 10.2 Å². The molecule has 0 aliphatic heterocycles. The van der Waals surface area contributed by atoms with E-state index in [9.17, 15) is 19.2 Å². The van der Waals surface area contributed by atoms with Gasteiger partial charge >= 0.3 is 11.4 Å². The largest absolute Gasteiger partial charge is 0.497 e. The van der Waals surface area contributed by atoms with E-state index in [2.05, 4.69) is 47.2 Å². The van der Waals surface area contributed by atoms with Crippen LogP contribution in [-0.4, -0.2) is 36.2 Å². The Hall–Kier alpha value is -2.80. The van der Waals surface area contributed by atoms with Crippen molar-refractivity contribution in [2.75, 3.05) is 7.11 Å². The van der Waals surface area contributed by atoms with Gasteiger partial charge in [0, 0.05) is 13.1 Å². The van der Waals surface area contributed by atoms with Crippen molar-refractivity contribution in [1.82, 2.24) is 29.1 Å². The van der Waals surface area contributed by atoms with Gasteiger partial charge in [0.1, 0.15) is 5.75 Å². The standard InChI is InChI=1S/C13H14BrN3O3.C5H6BrN3O2/c1-3-16-12(18)11(14)15-17(13(16)19)8-9-4-6-10(20-2)7-5-9;1-2-9-4(10)3(6)7-8-5(9)11/h4-7H,3,8H2,1-2H3;2H2,1H3,(H,8,11). The van der Waals surface area contributed by atoms with Crippen molar-refractivity contribution in [2.24, 2.45) is 0 Å². The van der Waals surface area contributed by atoms with Gasteiger partial charge in [0.05, 0.1) is 13.7 Å². The van der Waals surface area contributed by atoms with E-state index >= 15 is 0 Å². The zero-order chi connectivity index (χ0) is 23.1.